The van der Waals surface area contributed by atoms with Gasteiger partial charge in [0, 0.05) is 37.9 Å². The van der Waals surface area contributed by atoms with Crippen LogP contribution in [0.2, 0.25) is 0 Å². The van der Waals surface area contributed by atoms with Crippen LogP contribution in [0.4, 0.5) is 5.69 Å². The van der Waals surface area contributed by atoms with Gasteiger partial charge in [0.1, 0.15) is 0 Å². The fraction of sp³-hybridized carbons (Fsp3) is 0. The molecule has 0 saturated heterocycles. The summed E-state index contributed by atoms with van der Waals surface area (Å²) in [7, 11) is 0. The smallest absolute Gasteiger partial charge is 0.188 e. The number of benzene rings is 8. The van der Waals surface area contributed by atoms with Gasteiger partial charge in [-0.3, -0.25) is 0 Å². The van der Waals surface area contributed by atoms with Crippen LogP contribution in [0.15, 0.2) is 176 Å². The van der Waals surface area contributed by atoms with Crippen molar-refractivity contribution in [1.29, 1.82) is 5.26 Å². The van der Waals surface area contributed by atoms with Crippen molar-refractivity contribution in [1.82, 2.24) is 13.7 Å². The molecule has 0 amide bonds. The SMILES string of the molecule is [C-]#[N+]c1ccc(-c2cc(-n3c4ccccc4c4ccccc43)c(-n3c4ccccc4c4ccccc43)c(-n3c4ccccc4c4ccccc43)c2)c(C#N)c1. The molecule has 5 nitrogen and oxygen atoms in total. The molecule has 5 heteroatoms. The Morgan fingerprint density at radius 1 is 0.418 bits per heavy atom. The number of hydrogen-bond acceptors (Lipinski definition) is 1. The van der Waals surface area contributed by atoms with Crippen LogP contribution in [-0.4, -0.2) is 13.7 Å². The monoisotopic (exact) mass is 699 g/mol. The van der Waals surface area contributed by atoms with E-state index in [0.717, 1.165) is 82.8 Å². The Morgan fingerprint density at radius 3 is 1.11 bits per heavy atom. The zero-order chi connectivity index (χ0) is 36.6. The molecule has 0 aliphatic rings. The van der Waals surface area contributed by atoms with Crippen molar-refractivity contribution in [2.45, 2.75) is 0 Å². The van der Waals surface area contributed by atoms with E-state index >= 15 is 0 Å². The second kappa shape index (κ2) is 11.8. The van der Waals surface area contributed by atoms with Crippen molar-refractivity contribution in [3.05, 3.63) is 193 Å². The summed E-state index contributed by atoms with van der Waals surface area (Å²) in [5, 5.41) is 17.5. The predicted octanol–water partition coefficient (Wildman–Crippen LogP) is 13.1. The highest BCUT2D eigenvalue weighted by Gasteiger charge is 2.26. The molecular formula is C50H29N5. The third-order valence-corrected chi connectivity index (χ3v) is 11.1. The lowest BCUT2D eigenvalue weighted by molar-refractivity contribution is 1.05. The van der Waals surface area contributed by atoms with E-state index < -0.39 is 0 Å². The van der Waals surface area contributed by atoms with Crippen molar-refractivity contribution in [3.63, 3.8) is 0 Å². The first kappa shape index (κ1) is 30.7. The Bertz CT molecular complexity index is 3170. The number of fused-ring (bicyclic) bond motifs is 9. The normalized spacial score (nSPS) is 11.6. The maximum atomic E-state index is 10.5. The van der Waals surface area contributed by atoms with E-state index in [1.807, 2.05) is 12.1 Å². The molecule has 0 unspecified atom stereocenters. The molecule has 8 aromatic carbocycles. The van der Waals surface area contributed by atoms with Gasteiger partial charge in [-0.15, -0.1) is 0 Å². The quantitative estimate of drug-likeness (QED) is 0.169. The highest BCUT2D eigenvalue weighted by Crippen LogP contribution is 2.45. The van der Waals surface area contributed by atoms with Gasteiger partial charge in [0.15, 0.2) is 5.69 Å². The molecule has 55 heavy (non-hydrogen) atoms. The van der Waals surface area contributed by atoms with Crippen LogP contribution in [0.1, 0.15) is 5.56 Å². The van der Waals surface area contributed by atoms with Gasteiger partial charge in [-0.2, -0.15) is 5.26 Å². The molecule has 254 valence electrons. The molecule has 0 N–H and O–H groups in total. The van der Waals surface area contributed by atoms with Gasteiger partial charge in [0.2, 0.25) is 0 Å². The van der Waals surface area contributed by atoms with Crippen LogP contribution >= 0.6 is 0 Å². The highest BCUT2D eigenvalue weighted by molar-refractivity contribution is 6.14. The first-order valence-corrected chi connectivity index (χ1v) is 18.3. The van der Waals surface area contributed by atoms with E-state index in [2.05, 4.69) is 182 Å². The Hall–Kier alpha value is -7.86. The largest absolute Gasteiger partial charge is 0.307 e. The second-order valence-corrected chi connectivity index (χ2v) is 13.9. The van der Waals surface area contributed by atoms with Crippen molar-refractivity contribution < 1.29 is 0 Å². The summed E-state index contributed by atoms with van der Waals surface area (Å²) >= 11 is 0. The third-order valence-electron chi connectivity index (χ3n) is 11.1. The molecule has 0 bridgehead atoms. The molecule has 0 fully saturated rings. The van der Waals surface area contributed by atoms with E-state index in [4.69, 9.17) is 6.57 Å². The van der Waals surface area contributed by atoms with Gasteiger partial charge in [0.05, 0.1) is 62.8 Å². The second-order valence-electron chi connectivity index (χ2n) is 13.9. The van der Waals surface area contributed by atoms with E-state index in [1.54, 1.807) is 6.07 Å². The number of rotatable bonds is 4. The number of nitrogens with zero attached hydrogens (tertiary/aromatic N) is 5. The Morgan fingerprint density at radius 2 is 0.764 bits per heavy atom. The minimum Gasteiger partial charge on any atom is -0.307 e. The summed E-state index contributed by atoms with van der Waals surface area (Å²) in [4.78, 5) is 3.66. The number of nitriles is 1. The van der Waals surface area contributed by atoms with Gasteiger partial charge in [-0.25, -0.2) is 4.85 Å². The number of para-hydroxylation sites is 6. The van der Waals surface area contributed by atoms with E-state index in [1.165, 1.54) is 10.8 Å². The van der Waals surface area contributed by atoms with Crippen LogP contribution in [0.25, 0.3) is 98.5 Å². The highest BCUT2D eigenvalue weighted by atomic mass is 15.1. The van der Waals surface area contributed by atoms with E-state index in [9.17, 15) is 5.26 Å². The standard InChI is InChI=1S/C50H29N5/c1-52-34-26-27-35(33(28-34)31-51)32-29-48(53-42-20-8-2-14-36(42)37-15-3-9-21-43(37)53)50(55-46-24-12-6-18-40(46)41-19-7-13-25-47(41)55)49(30-32)54-44-22-10-4-16-38(44)39-17-5-11-23-45(39)54/h2-30H. The fourth-order valence-corrected chi connectivity index (χ4v) is 8.80. The summed E-state index contributed by atoms with van der Waals surface area (Å²) in [6.45, 7) is 7.70. The van der Waals surface area contributed by atoms with Crippen molar-refractivity contribution in [3.8, 4) is 34.3 Å². The molecule has 11 aromatic rings. The lowest BCUT2D eigenvalue weighted by atomic mass is 9.97. The average Bonchev–Trinajstić information content (AvgIpc) is 3.89. The van der Waals surface area contributed by atoms with Gasteiger partial charge < -0.3 is 13.7 Å². The molecule has 0 aliphatic carbocycles. The first-order valence-electron chi connectivity index (χ1n) is 18.3. The van der Waals surface area contributed by atoms with Crippen LogP contribution < -0.4 is 0 Å². The zero-order valence-corrected chi connectivity index (χ0v) is 29.5. The molecule has 0 radical (unpaired) electrons. The molecule has 11 rings (SSSR count). The van der Waals surface area contributed by atoms with Gasteiger partial charge in [-0.1, -0.05) is 121 Å². The molecule has 0 saturated carbocycles. The van der Waals surface area contributed by atoms with Gasteiger partial charge in [-0.05, 0) is 65.7 Å². The van der Waals surface area contributed by atoms with E-state index in [0.29, 0.717) is 11.3 Å². The van der Waals surface area contributed by atoms with Crippen molar-refractivity contribution >= 4 is 71.1 Å². The third kappa shape index (κ3) is 4.39. The van der Waals surface area contributed by atoms with Crippen molar-refractivity contribution in [2.75, 3.05) is 0 Å². The number of hydrogen-bond donors (Lipinski definition) is 0. The summed E-state index contributed by atoms with van der Waals surface area (Å²) in [5.41, 5.74) is 12.0. The van der Waals surface area contributed by atoms with Crippen LogP contribution in [-0.2, 0) is 0 Å². The van der Waals surface area contributed by atoms with Crippen molar-refractivity contribution in [2.24, 2.45) is 0 Å². The lowest BCUT2D eigenvalue weighted by Gasteiger charge is -2.24. The fourth-order valence-electron chi connectivity index (χ4n) is 8.80. The maximum absolute atomic E-state index is 10.5. The minimum absolute atomic E-state index is 0.437. The Labute approximate surface area is 316 Å². The zero-order valence-electron chi connectivity index (χ0n) is 29.5. The lowest BCUT2D eigenvalue weighted by Crippen LogP contribution is -2.10. The molecule has 3 aromatic heterocycles. The predicted molar refractivity (Wildman–Crippen MR) is 226 cm³/mol. The van der Waals surface area contributed by atoms with Gasteiger partial charge >= 0.3 is 0 Å². The average molecular weight is 700 g/mol. The Balaban J connectivity index is 1.43. The molecule has 0 aliphatic heterocycles. The molecule has 0 atom stereocenters. The summed E-state index contributed by atoms with van der Waals surface area (Å²) < 4.78 is 7.22. The first-order chi connectivity index (χ1) is 27.2. The Kier molecular flexibility index (Phi) is 6.61. The van der Waals surface area contributed by atoms with Crippen LogP contribution in [0, 0.1) is 17.9 Å². The number of aromatic nitrogens is 3. The molecular weight excluding hydrogens is 671 g/mol. The summed E-state index contributed by atoms with van der Waals surface area (Å²) in [5.74, 6) is 0. The topological polar surface area (TPSA) is 42.9 Å². The summed E-state index contributed by atoms with van der Waals surface area (Å²) in [6.07, 6.45) is 0. The molecule has 3 heterocycles. The maximum Gasteiger partial charge on any atom is 0.188 e. The minimum atomic E-state index is 0.437. The summed E-state index contributed by atoms with van der Waals surface area (Å²) in [6, 6.07) is 64.0. The van der Waals surface area contributed by atoms with Crippen LogP contribution in [0.3, 0.4) is 0 Å². The van der Waals surface area contributed by atoms with E-state index in [-0.39, 0.29) is 0 Å². The van der Waals surface area contributed by atoms with Crippen LogP contribution in [0.5, 0.6) is 0 Å². The van der Waals surface area contributed by atoms with Gasteiger partial charge in [0.25, 0.3) is 0 Å². The molecule has 0 spiro atoms.